The molecular weight excluding hydrogens is 412 g/mol. The molecule has 2 N–H and O–H groups in total. The van der Waals surface area contributed by atoms with Gasteiger partial charge in [-0.1, -0.05) is 36.4 Å². The predicted octanol–water partition coefficient (Wildman–Crippen LogP) is 5.83. The first-order chi connectivity index (χ1) is 15.6. The monoisotopic (exact) mass is 429 g/mol. The third-order valence-corrected chi connectivity index (χ3v) is 5.13. The summed E-state index contributed by atoms with van der Waals surface area (Å²) in [4.78, 5) is 12.9. The molecule has 0 aliphatic heterocycles. The molecule has 0 unspecified atom stereocenters. The number of H-pyrrole nitrogens is 1. The first kappa shape index (κ1) is 19.7. The summed E-state index contributed by atoms with van der Waals surface area (Å²) in [5, 5.41) is 12.5. The summed E-state index contributed by atoms with van der Waals surface area (Å²) in [5.74, 6) is -0.670. The van der Waals surface area contributed by atoms with Crippen molar-refractivity contribution in [1.82, 2.24) is 10.2 Å². The molecule has 0 radical (unpaired) electrons. The average molecular weight is 429 g/mol. The van der Waals surface area contributed by atoms with E-state index in [1.54, 1.807) is 24.3 Å². The smallest absolute Gasteiger partial charge is 0.257 e. The number of nitrogens with zero attached hydrogens (tertiary/aromatic N) is 1. The summed E-state index contributed by atoms with van der Waals surface area (Å²) in [5.41, 5.74) is 1.60. The summed E-state index contributed by atoms with van der Waals surface area (Å²) in [6.07, 6.45) is 0. The molecule has 1 amide bonds. The van der Waals surface area contributed by atoms with Gasteiger partial charge in [-0.15, -0.1) is 0 Å². The van der Waals surface area contributed by atoms with Gasteiger partial charge in [0.05, 0.1) is 5.52 Å². The van der Waals surface area contributed by atoms with Crippen LogP contribution in [-0.4, -0.2) is 16.1 Å². The molecule has 32 heavy (non-hydrogen) atoms. The number of nitrogens with one attached hydrogen (secondary N) is 2. The number of benzene rings is 4. The van der Waals surface area contributed by atoms with Crippen LogP contribution < -0.4 is 10.1 Å². The van der Waals surface area contributed by atoms with Crippen molar-refractivity contribution in [2.75, 3.05) is 5.32 Å². The number of hydrogen-bond donors (Lipinski definition) is 2. The number of amides is 1. The van der Waals surface area contributed by atoms with E-state index in [-0.39, 0.29) is 12.5 Å². The second-order valence-electron chi connectivity index (χ2n) is 7.33. The van der Waals surface area contributed by atoms with Crippen molar-refractivity contribution in [2.45, 2.75) is 6.61 Å². The lowest BCUT2D eigenvalue weighted by Crippen LogP contribution is -2.12. The topological polar surface area (TPSA) is 67.0 Å². The van der Waals surface area contributed by atoms with Crippen molar-refractivity contribution in [1.29, 1.82) is 0 Å². The Kier molecular flexibility index (Phi) is 4.99. The van der Waals surface area contributed by atoms with Gasteiger partial charge in [0, 0.05) is 23.1 Å². The van der Waals surface area contributed by atoms with E-state index in [2.05, 4.69) is 15.5 Å². The third-order valence-electron chi connectivity index (χ3n) is 5.13. The Hall–Kier alpha value is -4.26. The fourth-order valence-electron chi connectivity index (χ4n) is 3.64. The normalized spacial score (nSPS) is 11.1. The fourth-order valence-corrected chi connectivity index (χ4v) is 3.64. The lowest BCUT2D eigenvalue weighted by Gasteiger charge is -2.08. The van der Waals surface area contributed by atoms with E-state index in [1.807, 2.05) is 36.4 Å². The minimum Gasteiger partial charge on any atom is -0.489 e. The molecule has 0 saturated heterocycles. The number of fused-ring (bicyclic) bond motifs is 2. The maximum absolute atomic E-state index is 13.3. The van der Waals surface area contributed by atoms with Crippen molar-refractivity contribution < 1.29 is 18.3 Å². The molecule has 0 aliphatic rings. The minimum absolute atomic E-state index is 0.0129. The van der Waals surface area contributed by atoms with Crippen molar-refractivity contribution in [2.24, 2.45) is 0 Å². The molecule has 0 saturated carbocycles. The van der Waals surface area contributed by atoms with Crippen molar-refractivity contribution in [3.63, 3.8) is 0 Å². The average Bonchev–Trinajstić information content (AvgIpc) is 3.18. The number of aromatic nitrogens is 2. The number of rotatable bonds is 5. The van der Waals surface area contributed by atoms with E-state index in [0.717, 1.165) is 16.8 Å². The van der Waals surface area contributed by atoms with Gasteiger partial charge in [-0.25, -0.2) is 8.78 Å². The summed E-state index contributed by atoms with van der Waals surface area (Å²) in [6, 6.07) is 21.7. The number of anilines is 1. The molecule has 0 atom stereocenters. The fraction of sp³-hybridized carbons (Fsp3) is 0.0400. The van der Waals surface area contributed by atoms with Crippen LogP contribution in [0, 0.1) is 11.6 Å². The standard InChI is InChI=1S/C25H17F2N3O2/c26-17-10-15(11-18(27)12-17)14-32-19-8-9-22-23(13-19)29-30-24(22)28-25(31)21-7-3-5-16-4-1-2-6-20(16)21/h1-13H,14H2,(H2,28,29,30,31). The lowest BCUT2D eigenvalue weighted by molar-refractivity contribution is 0.102. The number of carbonyl (C=O) groups excluding carboxylic acids is 1. The second-order valence-corrected chi connectivity index (χ2v) is 7.33. The van der Waals surface area contributed by atoms with Crippen LogP contribution in [0.5, 0.6) is 5.75 Å². The lowest BCUT2D eigenvalue weighted by atomic mass is 10.0. The molecule has 0 fully saturated rings. The molecule has 0 spiro atoms. The van der Waals surface area contributed by atoms with Crippen LogP contribution >= 0.6 is 0 Å². The Labute approximate surface area is 181 Å². The van der Waals surface area contributed by atoms with Gasteiger partial charge in [0.2, 0.25) is 0 Å². The van der Waals surface area contributed by atoms with Gasteiger partial charge in [-0.3, -0.25) is 9.89 Å². The molecule has 158 valence electrons. The number of hydrogen-bond acceptors (Lipinski definition) is 3. The number of aromatic amines is 1. The SMILES string of the molecule is O=C(Nc1n[nH]c2cc(OCc3cc(F)cc(F)c3)ccc12)c1cccc2ccccc12. The van der Waals surface area contributed by atoms with Gasteiger partial charge in [-0.2, -0.15) is 5.10 Å². The highest BCUT2D eigenvalue weighted by Gasteiger charge is 2.14. The Morgan fingerprint density at radius 3 is 2.53 bits per heavy atom. The maximum Gasteiger partial charge on any atom is 0.257 e. The summed E-state index contributed by atoms with van der Waals surface area (Å²) in [7, 11) is 0. The van der Waals surface area contributed by atoms with E-state index in [4.69, 9.17) is 4.74 Å². The van der Waals surface area contributed by atoms with E-state index in [1.165, 1.54) is 12.1 Å². The number of halogens is 2. The second kappa shape index (κ2) is 8.11. The van der Waals surface area contributed by atoms with Crippen molar-refractivity contribution >= 4 is 33.4 Å². The van der Waals surface area contributed by atoms with Crippen LogP contribution in [0.4, 0.5) is 14.6 Å². The molecule has 5 nitrogen and oxygen atoms in total. The Balaban J connectivity index is 1.35. The zero-order valence-corrected chi connectivity index (χ0v) is 16.7. The Morgan fingerprint density at radius 1 is 0.906 bits per heavy atom. The highest BCUT2D eigenvalue weighted by atomic mass is 19.1. The molecule has 1 heterocycles. The van der Waals surface area contributed by atoms with Gasteiger partial charge >= 0.3 is 0 Å². The van der Waals surface area contributed by atoms with Gasteiger partial charge in [0.15, 0.2) is 5.82 Å². The van der Waals surface area contributed by atoms with Gasteiger partial charge < -0.3 is 10.1 Å². The summed E-state index contributed by atoms with van der Waals surface area (Å²) in [6.45, 7) is 0.0129. The minimum atomic E-state index is -0.654. The summed E-state index contributed by atoms with van der Waals surface area (Å²) < 4.78 is 32.3. The zero-order valence-electron chi connectivity index (χ0n) is 16.7. The Bertz CT molecular complexity index is 1440. The summed E-state index contributed by atoms with van der Waals surface area (Å²) >= 11 is 0. The van der Waals surface area contributed by atoms with E-state index >= 15 is 0 Å². The largest absolute Gasteiger partial charge is 0.489 e. The third kappa shape index (κ3) is 3.88. The van der Waals surface area contributed by atoms with Gasteiger partial charge in [0.25, 0.3) is 5.91 Å². The van der Waals surface area contributed by atoms with Crippen LogP contribution in [-0.2, 0) is 6.61 Å². The van der Waals surface area contributed by atoms with Crippen LogP contribution in [0.15, 0.2) is 78.9 Å². The number of ether oxygens (including phenoxy) is 1. The van der Waals surface area contributed by atoms with Crippen LogP contribution in [0.2, 0.25) is 0 Å². The molecule has 0 aliphatic carbocycles. The molecule has 0 bridgehead atoms. The highest BCUT2D eigenvalue weighted by molar-refractivity contribution is 6.14. The molecule has 5 rings (SSSR count). The molecule has 5 aromatic rings. The quantitative estimate of drug-likeness (QED) is 0.370. The van der Waals surface area contributed by atoms with E-state index < -0.39 is 11.6 Å². The van der Waals surface area contributed by atoms with Gasteiger partial charge in [0.1, 0.15) is 24.0 Å². The predicted molar refractivity (Wildman–Crippen MR) is 119 cm³/mol. The van der Waals surface area contributed by atoms with Crippen LogP contribution in [0.3, 0.4) is 0 Å². The van der Waals surface area contributed by atoms with Crippen LogP contribution in [0.1, 0.15) is 15.9 Å². The van der Waals surface area contributed by atoms with Crippen molar-refractivity contribution in [3.8, 4) is 5.75 Å². The zero-order chi connectivity index (χ0) is 22.1. The maximum atomic E-state index is 13.3. The van der Waals surface area contributed by atoms with E-state index in [0.29, 0.717) is 33.6 Å². The first-order valence-corrected chi connectivity index (χ1v) is 9.92. The first-order valence-electron chi connectivity index (χ1n) is 9.92. The highest BCUT2D eigenvalue weighted by Crippen LogP contribution is 2.27. The number of carbonyl (C=O) groups is 1. The molecule has 7 heteroatoms. The van der Waals surface area contributed by atoms with Crippen LogP contribution in [0.25, 0.3) is 21.7 Å². The van der Waals surface area contributed by atoms with E-state index in [9.17, 15) is 13.6 Å². The molecule has 1 aromatic heterocycles. The molecular formula is C25H17F2N3O2. The van der Waals surface area contributed by atoms with Crippen molar-refractivity contribution in [3.05, 3.63) is 102 Å². The molecule has 4 aromatic carbocycles. The van der Waals surface area contributed by atoms with Gasteiger partial charge in [-0.05, 0) is 46.7 Å². The Morgan fingerprint density at radius 2 is 1.69 bits per heavy atom.